The molecule has 9 nitrogen and oxygen atoms in total. The number of amides is 1. The minimum Gasteiger partial charge on any atom is -0.480 e. The maximum Gasteiger partial charge on any atom is 0.407 e. The number of carbonyl (C=O) groups is 2. The molecular formula is C25H40N4O5. The first kappa shape index (κ1) is 26.2. The molecule has 0 bridgehead atoms. The molecule has 2 aliphatic rings. The van der Waals surface area contributed by atoms with Crippen LogP contribution < -0.4 is 10.6 Å². The first-order valence-corrected chi connectivity index (χ1v) is 12.6. The Labute approximate surface area is 202 Å². The highest BCUT2D eigenvalue weighted by Crippen LogP contribution is 2.27. The average Bonchev–Trinajstić information content (AvgIpc) is 3.67. The van der Waals surface area contributed by atoms with Gasteiger partial charge in [-0.05, 0) is 76.5 Å². The number of unbranched alkanes of at least 4 members (excludes halogenated alkanes) is 1. The van der Waals surface area contributed by atoms with E-state index in [4.69, 9.17) is 14.5 Å². The van der Waals surface area contributed by atoms with Crippen molar-refractivity contribution >= 4 is 17.9 Å². The summed E-state index contributed by atoms with van der Waals surface area (Å²) in [7, 11) is 1.60. The van der Waals surface area contributed by atoms with Crippen LogP contribution in [0.15, 0.2) is 12.1 Å². The summed E-state index contributed by atoms with van der Waals surface area (Å²) in [5.41, 5.74) is 2.43. The Kier molecular flexibility index (Phi) is 10.4. The minimum absolute atomic E-state index is 0.0186. The predicted molar refractivity (Wildman–Crippen MR) is 130 cm³/mol. The number of pyridine rings is 1. The van der Waals surface area contributed by atoms with Crippen molar-refractivity contribution in [3.05, 3.63) is 23.4 Å². The van der Waals surface area contributed by atoms with Crippen molar-refractivity contribution in [1.82, 2.24) is 15.2 Å². The third-order valence-electron chi connectivity index (χ3n) is 6.60. The van der Waals surface area contributed by atoms with Crippen molar-refractivity contribution in [3.63, 3.8) is 0 Å². The largest absolute Gasteiger partial charge is 0.480 e. The highest BCUT2D eigenvalue weighted by atomic mass is 16.6. The molecule has 34 heavy (non-hydrogen) atoms. The molecular weight excluding hydrogens is 436 g/mol. The number of ether oxygens (including phenoxy) is 2. The molecule has 0 spiro atoms. The minimum atomic E-state index is -1.04. The molecule has 3 rings (SSSR count). The van der Waals surface area contributed by atoms with Crippen molar-refractivity contribution in [2.45, 2.75) is 82.9 Å². The number of rotatable bonds is 15. The van der Waals surface area contributed by atoms with E-state index < -0.39 is 18.1 Å². The number of carboxylic acids is 1. The number of nitrogens with one attached hydrogen (secondary N) is 2. The zero-order valence-corrected chi connectivity index (χ0v) is 20.6. The van der Waals surface area contributed by atoms with Gasteiger partial charge in [0.15, 0.2) is 0 Å². The van der Waals surface area contributed by atoms with Crippen molar-refractivity contribution in [1.29, 1.82) is 0 Å². The van der Waals surface area contributed by atoms with Crippen LogP contribution in [0.4, 0.5) is 10.6 Å². The number of methoxy groups -OCH3 is 1. The van der Waals surface area contributed by atoms with Crippen LogP contribution in [0.1, 0.15) is 63.1 Å². The lowest BCUT2D eigenvalue weighted by Crippen LogP contribution is -2.44. The van der Waals surface area contributed by atoms with E-state index in [1.807, 2.05) is 6.92 Å². The molecule has 1 fully saturated rings. The number of alkyl carbamates (subject to hydrolysis) is 1. The van der Waals surface area contributed by atoms with Crippen molar-refractivity contribution in [3.8, 4) is 0 Å². The first-order chi connectivity index (χ1) is 16.5. The number of aryl methyl sites for hydroxylation is 2. The molecule has 2 heterocycles. The number of nitrogens with zero attached hydrogens (tertiary/aromatic N) is 2. The van der Waals surface area contributed by atoms with E-state index in [1.54, 1.807) is 7.11 Å². The fourth-order valence-corrected chi connectivity index (χ4v) is 4.22. The molecule has 0 saturated heterocycles. The zero-order valence-electron chi connectivity index (χ0n) is 20.6. The SMILES string of the molecule is COC(C)CCOC(=O)NC(CCN(CCCCc1ccc2c(n1)NCCC2)C1CC1)C(=O)O. The Morgan fingerprint density at radius 1 is 1.26 bits per heavy atom. The van der Waals surface area contributed by atoms with Crippen LogP contribution >= 0.6 is 0 Å². The predicted octanol–water partition coefficient (Wildman–Crippen LogP) is 3.22. The van der Waals surface area contributed by atoms with Gasteiger partial charge in [0.25, 0.3) is 0 Å². The van der Waals surface area contributed by atoms with Crippen LogP contribution in [-0.4, -0.2) is 78.6 Å². The lowest BCUT2D eigenvalue weighted by Gasteiger charge is -2.24. The van der Waals surface area contributed by atoms with Gasteiger partial charge in [-0.15, -0.1) is 0 Å². The highest BCUT2D eigenvalue weighted by Gasteiger charge is 2.30. The first-order valence-electron chi connectivity index (χ1n) is 12.6. The summed E-state index contributed by atoms with van der Waals surface area (Å²) >= 11 is 0. The van der Waals surface area contributed by atoms with Gasteiger partial charge < -0.3 is 30.1 Å². The molecule has 3 N–H and O–H groups in total. The average molecular weight is 477 g/mol. The molecule has 1 aromatic rings. The van der Waals surface area contributed by atoms with Crippen molar-refractivity contribution < 1.29 is 24.2 Å². The van der Waals surface area contributed by atoms with Gasteiger partial charge >= 0.3 is 12.1 Å². The summed E-state index contributed by atoms with van der Waals surface area (Å²) in [4.78, 5) is 30.8. The summed E-state index contributed by atoms with van der Waals surface area (Å²) in [5.74, 6) is 0.00681. The van der Waals surface area contributed by atoms with E-state index in [9.17, 15) is 14.7 Å². The van der Waals surface area contributed by atoms with Crippen molar-refractivity contribution in [2.24, 2.45) is 0 Å². The number of carboxylic acid groups (broad SMARTS) is 1. The number of hydrogen-bond donors (Lipinski definition) is 3. The number of hydrogen-bond acceptors (Lipinski definition) is 7. The lowest BCUT2D eigenvalue weighted by atomic mass is 10.1. The number of carbonyl (C=O) groups excluding carboxylic acids is 1. The summed E-state index contributed by atoms with van der Waals surface area (Å²) in [5, 5.41) is 15.4. The van der Waals surface area contributed by atoms with Crippen LogP contribution in [-0.2, 0) is 27.1 Å². The maximum absolute atomic E-state index is 12.0. The Morgan fingerprint density at radius 3 is 2.82 bits per heavy atom. The van der Waals surface area contributed by atoms with E-state index in [1.165, 1.54) is 5.56 Å². The van der Waals surface area contributed by atoms with Gasteiger partial charge in [-0.25, -0.2) is 14.6 Å². The lowest BCUT2D eigenvalue weighted by molar-refractivity contribution is -0.139. The maximum atomic E-state index is 12.0. The van der Waals surface area contributed by atoms with E-state index in [0.717, 1.165) is 69.5 Å². The van der Waals surface area contributed by atoms with Gasteiger partial charge in [0, 0.05) is 38.4 Å². The highest BCUT2D eigenvalue weighted by molar-refractivity contribution is 5.79. The second kappa shape index (κ2) is 13.5. The second-order valence-corrected chi connectivity index (χ2v) is 9.36. The number of aromatic nitrogens is 1. The Hall–Kier alpha value is -2.39. The monoisotopic (exact) mass is 476 g/mol. The quantitative estimate of drug-likeness (QED) is 0.331. The number of fused-ring (bicyclic) bond motifs is 1. The summed E-state index contributed by atoms with van der Waals surface area (Å²) in [6, 6.07) is 3.91. The molecule has 190 valence electrons. The molecule has 2 atom stereocenters. The molecule has 1 aliphatic carbocycles. The van der Waals surface area contributed by atoms with E-state index in [-0.39, 0.29) is 12.7 Å². The Morgan fingerprint density at radius 2 is 2.09 bits per heavy atom. The fourth-order valence-electron chi connectivity index (χ4n) is 4.22. The van der Waals surface area contributed by atoms with Crippen LogP contribution in [0, 0.1) is 0 Å². The molecule has 1 amide bonds. The van der Waals surface area contributed by atoms with Crippen LogP contribution in [0.2, 0.25) is 0 Å². The van der Waals surface area contributed by atoms with Crippen molar-refractivity contribution in [2.75, 3.05) is 38.7 Å². The Balaban J connectivity index is 1.38. The third-order valence-corrected chi connectivity index (χ3v) is 6.60. The van der Waals surface area contributed by atoms with Gasteiger partial charge in [0.05, 0.1) is 12.7 Å². The normalized spacial score (nSPS) is 16.9. The van der Waals surface area contributed by atoms with Crippen LogP contribution in [0.3, 0.4) is 0 Å². The second-order valence-electron chi connectivity index (χ2n) is 9.36. The van der Waals surface area contributed by atoms with Gasteiger partial charge in [-0.1, -0.05) is 6.07 Å². The summed E-state index contributed by atoms with van der Waals surface area (Å²) < 4.78 is 10.2. The number of anilines is 1. The van der Waals surface area contributed by atoms with Gasteiger partial charge in [-0.3, -0.25) is 0 Å². The molecule has 2 unspecified atom stereocenters. The molecule has 1 aliphatic heterocycles. The summed E-state index contributed by atoms with van der Waals surface area (Å²) in [6.45, 7) is 4.64. The van der Waals surface area contributed by atoms with Crippen LogP contribution in [0.5, 0.6) is 0 Å². The summed E-state index contributed by atoms with van der Waals surface area (Å²) in [6.07, 6.45) is 7.81. The van der Waals surface area contributed by atoms with E-state index >= 15 is 0 Å². The topological polar surface area (TPSA) is 113 Å². The standard InChI is InChI=1S/C25H40N4O5/c1-18(33-2)13-17-34-25(32)28-22(24(30)31)12-16-29(21-10-11-21)15-4-3-7-20-9-8-19-6-5-14-26-23(19)27-20/h8-9,18,21-22H,3-7,10-17H2,1-2H3,(H,26,27)(H,28,32)(H,30,31). The molecule has 1 aromatic heterocycles. The smallest absolute Gasteiger partial charge is 0.407 e. The van der Waals surface area contributed by atoms with Gasteiger partial charge in [0.1, 0.15) is 11.9 Å². The molecule has 0 aromatic carbocycles. The Bertz CT molecular complexity index is 802. The fraction of sp³-hybridized carbons (Fsp3) is 0.720. The molecule has 9 heteroatoms. The third kappa shape index (κ3) is 8.76. The number of aliphatic carboxylic acids is 1. The van der Waals surface area contributed by atoms with Gasteiger partial charge in [0.2, 0.25) is 0 Å². The van der Waals surface area contributed by atoms with E-state index in [2.05, 4.69) is 27.7 Å². The van der Waals surface area contributed by atoms with Gasteiger partial charge in [-0.2, -0.15) is 0 Å². The van der Waals surface area contributed by atoms with E-state index in [0.29, 0.717) is 25.4 Å². The molecule has 1 saturated carbocycles. The molecule has 0 radical (unpaired) electrons. The zero-order chi connectivity index (χ0) is 24.3. The van der Waals surface area contributed by atoms with Crippen LogP contribution in [0.25, 0.3) is 0 Å².